The smallest absolute Gasteiger partial charge is 0.200 e. The van der Waals surface area contributed by atoms with Gasteiger partial charge in [0.15, 0.2) is 5.95 Å². The molecular weight excluding hydrogens is 210 g/mol. The first kappa shape index (κ1) is 11.7. The molecule has 1 aromatic carbocycles. The van der Waals surface area contributed by atoms with E-state index in [0.29, 0.717) is 0 Å². The number of hydrogen-bond donors (Lipinski definition) is 2. The van der Waals surface area contributed by atoms with Crippen LogP contribution in [0.25, 0.3) is 0 Å². The molecule has 0 bridgehead atoms. The topological polar surface area (TPSA) is 40.7 Å². The van der Waals surface area contributed by atoms with Gasteiger partial charge in [0.25, 0.3) is 0 Å². The lowest BCUT2D eigenvalue weighted by Crippen LogP contribution is -1.96. The van der Waals surface area contributed by atoms with Crippen LogP contribution in [0.3, 0.4) is 0 Å². The van der Waals surface area contributed by atoms with Crippen LogP contribution in [0.1, 0.15) is 22.4 Å². The zero-order valence-corrected chi connectivity index (χ0v) is 10.7. The number of nitrogens with one attached hydrogen (secondary N) is 2. The molecule has 0 radical (unpaired) electrons. The predicted octanol–water partition coefficient (Wildman–Crippen LogP) is 2.85. The summed E-state index contributed by atoms with van der Waals surface area (Å²) in [6, 6.07) is 6.62. The Labute approximate surface area is 102 Å². The Hall–Kier alpha value is -1.77. The van der Waals surface area contributed by atoms with E-state index in [2.05, 4.69) is 47.3 Å². The number of aromatic amines is 1. The molecular formula is C14H19N3. The number of rotatable bonds is 4. The highest BCUT2D eigenvalue weighted by molar-refractivity contribution is 5.31. The molecule has 90 valence electrons. The fourth-order valence-electron chi connectivity index (χ4n) is 1.95. The van der Waals surface area contributed by atoms with E-state index in [4.69, 9.17) is 0 Å². The molecule has 0 unspecified atom stereocenters. The molecule has 2 rings (SSSR count). The van der Waals surface area contributed by atoms with E-state index < -0.39 is 0 Å². The number of benzene rings is 1. The predicted molar refractivity (Wildman–Crippen MR) is 71.5 cm³/mol. The van der Waals surface area contributed by atoms with Crippen molar-refractivity contribution in [2.75, 3.05) is 12.4 Å². The van der Waals surface area contributed by atoms with Gasteiger partial charge >= 0.3 is 0 Å². The number of hydrogen-bond acceptors (Lipinski definition) is 2. The minimum Gasteiger partial charge on any atom is -0.359 e. The summed E-state index contributed by atoms with van der Waals surface area (Å²) < 4.78 is 0. The maximum atomic E-state index is 4.22. The average molecular weight is 229 g/mol. The van der Waals surface area contributed by atoms with Crippen molar-refractivity contribution >= 4 is 5.95 Å². The van der Waals surface area contributed by atoms with Crippen molar-refractivity contribution in [1.29, 1.82) is 0 Å². The molecule has 3 nitrogen and oxygen atoms in total. The highest BCUT2D eigenvalue weighted by Crippen LogP contribution is 2.13. The van der Waals surface area contributed by atoms with E-state index in [1.807, 2.05) is 13.2 Å². The van der Waals surface area contributed by atoms with Crippen LogP contribution in [-0.4, -0.2) is 17.0 Å². The SMILES string of the molecule is CNc1ncc(CCc2cc(C)ccc2C)[nH]1. The second-order valence-electron chi connectivity index (χ2n) is 4.44. The Bertz CT molecular complexity index is 500. The van der Waals surface area contributed by atoms with Gasteiger partial charge in [-0.25, -0.2) is 4.98 Å². The second-order valence-corrected chi connectivity index (χ2v) is 4.44. The molecule has 1 heterocycles. The van der Waals surface area contributed by atoms with Crippen LogP contribution in [0.5, 0.6) is 0 Å². The van der Waals surface area contributed by atoms with Gasteiger partial charge < -0.3 is 10.3 Å². The minimum atomic E-state index is 0.834. The van der Waals surface area contributed by atoms with Crippen molar-refractivity contribution in [3.63, 3.8) is 0 Å². The number of nitrogens with zero attached hydrogens (tertiary/aromatic N) is 1. The van der Waals surface area contributed by atoms with Crippen LogP contribution < -0.4 is 5.32 Å². The lowest BCUT2D eigenvalue weighted by Gasteiger charge is -2.06. The van der Waals surface area contributed by atoms with Gasteiger partial charge in [-0.2, -0.15) is 0 Å². The van der Waals surface area contributed by atoms with Gasteiger partial charge in [-0.15, -0.1) is 0 Å². The Morgan fingerprint density at radius 2 is 2.06 bits per heavy atom. The Kier molecular flexibility index (Phi) is 3.47. The summed E-state index contributed by atoms with van der Waals surface area (Å²) in [5.41, 5.74) is 5.29. The second kappa shape index (κ2) is 5.04. The van der Waals surface area contributed by atoms with Crippen LogP contribution >= 0.6 is 0 Å². The van der Waals surface area contributed by atoms with Gasteiger partial charge in [0.2, 0.25) is 0 Å². The zero-order valence-electron chi connectivity index (χ0n) is 10.7. The third kappa shape index (κ3) is 2.87. The van der Waals surface area contributed by atoms with Crippen LogP contribution in [0.4, 0.5) is 5.95 Å². The molecule has 0 aliphatic carbocycles. The summed E-state index contributed by atoms with van der Waals surface area (Å²) in [6.07, 6.45) is 3.95. The minimum absolute atomic E-state index is 0.834. The van der Waals surface area contributed by atoms with Gasteiger partial charge in [0, 0.05) is 12.7 Å². The summed E-state index contributed by atoms with van der Waals surface area (Å²) in [4.78, 5) is 7.47. The van der Waals surface area contributed by atoms with Crippen LogP contribution in [0.15, 0.2) is 24.4 Å². The fraction of sp³-hybridized carbons (Fsp3) is 0.357. The van der Waals surface area contributed by atoms with E-state index in [-0.39, 0.29) is 0 Å². The summed E-state index contributed by atoms with van der Waals surface area (Å²) in [7, 11) is 1.87. The van der Waals surface area contributed by atoms with Crippen molar-refractivity contribution in [2.45, 2.75) is 26.7 Å². The van der Waals surface area contributed by atoms with Gasteiger partial charge in [0.05, 0.1) is 6.20 Å². The fourth-order valence-corrected chi connectivity index (χ4v) is 1.95. The molecule has 0 fully saturated rings. The number of aryl methyl sites for hydroxylation is 4. The molecule has 2 N–H and O–H groups in total. The quantitative estimate of drug-likeness (QED) is 0.846. The molecule has 2 aromatic rings. The molecule has 1 aromatic heterocycles. The lowest BCUT2D eigenvalue weighted by molar-refractivity contribution is 0.916. The van der Waals surface area contributed by atoms with E-state index in [1.165, 1.54) is 22.4 Å². The normalized spacial score (nSPS) is 10.5. The molecule has 0 saturated heterocycles. The highest BCUT2D eigenvalue weighted by atomic mass is 15.1. The van der Waals surface area contributed by atoms with Gasteiger partial charge in [-0.3, -0.25) is 0 Å². The largest absolute Gasteiger partial charge is 0.359 e. The molecule has 0 spiro atoms. The zero-order chi connectivity index (χ0) is 12.3. The van der Waals surface area contributed by atoms with Crippen LogP contribution in [0, 0.1) is 13.8 Å². The van der Waals surface area contributed by atoms with Crippen molar-refractivity contribution in [1.82, 2.24) is 9.97 Å². The summed E-state index contributed by atoms with van der Waals surface area (Å²) in [6.45, 7) is 4.30. The first-order valence-electron chi connectivity index (χ1n) is 5.97. The molecule has 0 aliphatic rings. The lowest BCUT2D eigenvalue weighted by atomic mass is 10.0. The Balaban J connectivity index is 2.04. The Morgan fingerprint density at radius 1 is 1.24 bits per heavy atom. The Morgan fingerprint density at radius 3 is 2.76 bits per heavy atom. The summed E-state index contributed by atoms with van der Waals surface area (Å²) in [5, 5.41) is 3.00. The van der Waals surface area contributed by atoms with Crippen molar-refractivity contribution in [3.8, 4) is 0 Å². The van der Waals surface area contributed by atoms with E-state index in [0.717, 1.165) is 18.8 Å². The average Bonchev–Trinajstić information content (AvgIpc) is 2.78. The molecule has 0 saturated carbocycles. The first-order valence-corrected chi connectivity index (χ1v) is 5.97. The number of anilines is 1. The summed E-state index contributed by atoms with van der Waals surface area (Å²) in [5.74, 6) is 0.834. The third-order valence-corrected chi connectivity index (χ3v) is 3.03. The van der Waals surface area contributed by atoms with Gasteiger partial charge in [-0.05, 0) is 37.8 Å². The molecule has 0 amide bonds. The molecule has 3 heteroatoms. The van der Waals surface area contributed by atoms with Gasteiger partial charge in [-0.1, -0.05) is 23.8 Å². The molecule has 0 atom stereocenters. The number of aromatic nitrogens is 2. The maximum absolute atomic E-state index is 4.22. The molecule has 17 heavy (non-hydrogen) atoms. The van der Waals surface area contributed by atoms with Crippen molar-refractivity contribution < 1.29 is 0 Å². The summed E-state index contributed by atoms with van der Waals surface area (Å²) >= 11 is 0. The van der Waals surface area contributed by atoms with Crippen LogP contribution in [0.2, 0.25) is 0 Å². The third-order valence-electron chi connectivity index (χ3n) is 3.03. The maximum Gasteiger partial charge on any atom is 0.200 e. The number of imidazole rings is 1. The first-order chi connectivity index (χ1) is 8.19. The number of H-pyrrole nitrogens is 1. The highest BCUT2D eigenvalue weighted by Gasteiger charge is 2.02. The van der Waals surface area contributed by atoms with Gasteiger partial charge in [0.1, 0.15) is 0 Å². The van der Waals surface area contributed by atoms with E-state index in [9.17, 15) is 0 Å². The monoisotopic (exact) mass is 229 g/mol. The molecule has 0 aliphatic heterocycles. The van der Waals surface area contributed by atoms with E-state index in [1.54, 1.807) is 0 Å². The van der Waals surface area contributed by atoms with E-state index >= 15 is 0 Å². The standard InChI is InChI=1S/C14H19N3/c1-10-4-5-11(2)12(8-10)6-7-13-9-16-14(15-3)17-13/h4-5,8-9H,6-7H2,1-3H3,(H2,15,16,17). The van der Waals surface area contributed by atoms with Crippen molar-refractivity contribution in [2.24, 2.45) is 0 Å². The van der Waals surface area contributed by atoms with Crippen molar-refractivity contribution in [3.05, 3.63) is 46.8 Å². The van der Waals surface area contributed by atoms with Crippen LogP contribution in [-0.2, 0) is 12.8 Å².